The van der Waals surface area contributed by atoms with Crippen LogP contribution in [0, 0.1) is 11.7 Å². The van der Waals surface area contributed by atoms with Crippen LogP contribution in [-0.2, 0) is 9.84 Å². The average molecular weight is 351 g/mol. The number of anilines is 1. The monoisotopic (exact) mass is 351 g/mol. The summed E-state index contributed by atoms with van der Waals surface area (Å²) in [5.74, 6) is -0.504. The Bertz CT molecular complexity index is 795. The highest BCUT2D eigenvalue weighted by Crippen LogP contribution is 2.38. The third kappa shape index (κ3) is 2.92. The third-order valence-corrected chi connectivity index (χ3v) is 7.72. The molecule has 1 N–H and O–H groups in total. The minimum atomic E-state index is -3.61. The molecule has 0 saturated carbocycles. The molecule has 1 saturated heterocycles. The number of nitrogens with zero attached hydrogens (tertiary/aromatic N) is 2. The maximum atomic E-state index is 13.5. The third-order valence-electron chi connectivity index (χ3n) is 5.13. The molecule has 0 atom stereocenters. The molecule has 0 radical (unpaired) electrons. The summed E-state index contributed by atoms with van der Waals surface area (Å²) < 4.78 is 38.6. The van der Waals surface area contributed by atoms with Crippen molar-refractivity contribution in [2.24, 2.45) is 5.92 Å². The smallest absolute Gasteiger partial charge is 0.183 e. The van der Waals surface area contributed by atoms with Crippen LogP contribution in [0.15, 0.2) is 41.6 Å². The zero-order valence-electron chi connectivity index (χ0n) is 13.9. The minimum Gasteiger partial charge on any atom is -0.369 e. The second-order valence-corrected chi connectivity index (χ2v) is 9.31. The molecule has 0 aliphatic carbocycles. The van der Waals surface area contributed by atoms with Crippen LogP contribution in [-0.4, -0.2) is 36.5 Å². The molecule has 0 unspecified atom stereocenters. The first-order valence-corrected chi connectivity index (χ1v) is 9.54. The predicted molar refractivity (Wildman–Crippen MR) is 91.2 cm³/mol. The van der Waals surface area contributed by atoms with Crippen molar-refractivity contribution in [2.45, 2.75) is 36.3 Å². The second kappa shape index (κ2) is 6.20. The first-order chi connectivity index (χ1) is 11.3. The maximum Gasteiger partial charge on any atom is 0.183 e. The van der Waals surface area contributed by atoms with Gasteiger partial charge in [-0.3, -0.25) is 5.10 Å². The van der Waals surface area contributed by atoms with E-state index < -0.39 is 20.4 Å². The second-order valence-electron chi connectivity index (χ2n) is 6.78. The molecule has 0 spiro atoms. The van der Waals surface area contributed by atoms with E-state index in [2.05, 4.69) is 15.1 Å². The predicted octanol–water partition coefficient (Wildman–Crippen LogP) is 3.02. The molecule has 0 amide bonds. The molecule has 130 valence electrons. The first kappa shape index (κ1) is 17.0. The highest BCUT2D eigenvalue weighted by Gasteiger charge is 2.43. The van der Waals surface area contributed by atoms with Gasteiger partial charge in [-0.25, -0.2) is 12.8 Å². The van der Waals surface area contributed by atoms with E-state index >= 15 is 0 Å². The van der Waals surface area contributed by atoms with Gasteiger partial charge in [-0.15, -0.1) is 0 Å². The lowest BCUT2D eigenvalue weighted by molar-refractivity contribution is 0.324. The van der Waals surface area contributed by atoms with E-state index in [1.54, 1.807) is 20.0 Å². The van der Waals surface area contributed by atoms with Crippen LogP contribution < -0.4 is 4.90 Å². The molecule has 3 rings (SSSR count). The summed E-state index contributed by atoms with van der Waals surface area (Å²) in [5.41, 5.74) is 1.03. The molecular weight excluding hydrogens is 329 g/mol. The van der Waals surface area contributed by atoms with Crippen molar-refractivity contribution in [1.29, 1.82) is 0 Å². The number of benzene rings is 1. The van der Waals surface area contributed by atoms with Gasteiger partial charge in [-0.05, 0) is 50.8 Å². The van der Waals surface area contributed by atoms with Gasteiger partial charge in [0, 0.05) is 19.3 Å². The van der Waals surface area contributed by atoms with Crippen LogP contribution in [0.5, 0.6) is 0 Å². The van der Waals surface area contributed by atoms with E-state index in [-0.39, 0.29) is 10.8 Å². The Morgan fingerprint density at radius 1 is 1.29 bits per heavy atom. The van der Waals surface area contributed by atoms with Gasteiger partial charge in [0.15, 0.2) is 9.84 Å². The Balaban J connectivity index is 1.78. The lowest BCUT2D eigenvalue weighted by Crippen LogP contribution is -2.46. The molecule has 7 heteroatoms. The zero-order chi connectivity index (χ0) is 17.4. The number of hydrogen-bond donors (Lipinski definition) is 1. The lowest BCUT2D eigenvalue weighted by atomic mass is 9.86. The summed E-state index contributed by atoms with van der Waals surface area (Å²) in [6, 6.07) is 5.29. The van der Waals surface area contributed by atoms with E-state index in [1.807, 2.05) is 6.20 Å². The molecule has 2 aromatic rings. The normalized spacial score (nSPS) is 17.2. The van der Waals surface area contributed by atoms with Crippen LogP contribution in [0.4, 0.5) is 10.1 Å². The molecule has 1 aliphatic heterocycles. The molecule has 0 bridgehead atoms. The Hall–Kier alpha value is -1.89. The average Bonchev–Trinajstić information content (AvgIpc) is 3.09. The number of sulfone groups is 1. The number of halogens is 1. The van der Waals surface area contributed by atoms with Crippen LogP contribution in [0.2, 0.25) is 0 Å². The highest BCUT2D eigenvalue weighted by molar-refractivity contribution is 7.92. The summed E-state index contributed by atoms with van der Waals surface area (Å²) in [4.78, 5) is 2.26. The number of H-pyrrole nitrogens is 1. The topological polar surface area (TPSA) is 66.1 Å². The van der Waals surface area contributed by atoms with Gasteiger partial charge in [-0.2, -0.15) is 5.10 Å². The molecule has 1 aromatic heterocycles. The van der Waals surface area contributed by atoms with Crippen LogP contribution in [0.3, 0.4) is 0 Å². The SMILES string of the molecule is CC(C)(C1CCN(c2cn[nH]c2)CC1)S(=O)(=O)c1cccc(F)c1. The largest absolute Gasteiger partial charge is 0.369 e. The molecule has 1 aromatic carbocycles. The molecule has 24 heavy (non-hydrogen) atoms. The fourth-order valence-electron chi connectivity index (χ4n) is 3.41. The fourth-order valence-corrected chi connectivity index (χ4v) is 5.21. The Labute approximate surface area is 141 Å². The van der Waals surface area contributed by atoms with Gasteiger partial charge in [-0.1, -0.05) is 6.07 Å². The Morgan fingerprint density at radius 2 is 2.00 bits per heavy atom. The summed E-state index contributed by atoms with van der Waals surface area (Å²) in [5, 5.41) is 6.75. The first-order valence-electron chi connectivity index (χ1n) is 8.06. The van der Waals surface area contributed by atoms with Gasteiger partial charge in [0.25, 0.3) is 0 Å². The number of piperidine rings is 1. The van der Waals surface area contributed by atoms with Gasteiger partial charge < -0.3 is 4.90 Å². The Kier molecular flexibility index (Phi) is 4.38. The van der Waals surface area contributed by atoms with E-state index in [0.29, 0.717) is 0 Å². The van der Waals surface area contributed by atoms with E-state index in [1.165, 1.54) is 18.2 Å². The van der Waals surface area contributed by atoms with Crippen molar-refractivity contribution in [3.8, 4) is 0 Å². The molecular formula is C17H22FN3O2S. The van der Waals surface area contributed by atoms with E-state index in [4.69, 9.17) is 0 Å². The maximum absolute atomic E-state index is 13.5. The van der Waals surface area contributed by atoms with Gasteiger partial charge in [0.1, 0.15) is 5.82 Å². The number of aromatic nitrogens is 2. The number of rotatable bonds is 4. The van der Waals surface area contributed by atoms with Crippen molar-refractivity contribution in [3.05, 3.63) is 42.5 Å². The summed E-state index contributed by atoms with van der Waals surface area (Å²) in [7, 11) is -3.61. The fraction of sp³-hybridized carbons (Fsp3) is 0.471. The Morgan fingerprint density at radius 3 is 2.58 bits per heavy atom. The number of nitrogens with one attached hydrogen (secondary N) is 1. The van der Waals surface area contributed by atoms with Crippen LogP contribution >= 0.6 is 0 Å². The molecule has 1 fully saturated rings. The standard InChI is InChI=1S/C17H22FN3O2S/c1-17(2,24(22,23)16-5-3-4-14(18)10-16)13-6-8-21(9-7-13)15-11-19-20-12-15/h3-5,10-13H,6-9H2,1-2H3,(H,19,20). The van der Waals surface area contributed by atoms with Gasteiger partial charge in [0.2, 0.25) is 0 Å². The van der Waals surface area contributed by atoms with Crippen molar-refractivity contribution < 1.29 is 12.8 Å². The summed E-state index contributed by atoms with van der Waals surface area (Å²) >= 11 is 0. The number of aromatic amines is 1. The van der Waals surface area contributed by atoms with Gasteiger partial charge >= 0.3 is 0 Å². The number of hydrogen-bond acceptors (Lipinski definition) is 4. The van der Waals surface area contributed by atoms with Crippen molar-refractivity contribution in [2.75, 3.05) is 18.0 Å². The van der Waals surface area contributed by atoms with Crippen LogP contribution in [0.25, 0.3) is 0 Å². The zero-order valence-corrected chi connectivity index (χ0v) is 14.7. The quantitative estimate of drug-likeness (QED) is 0.919. The highest BCUT2D eigenvalue weighted by atomic mass is 32.2. The summed E-state index contributed by atoms with van der Waals surface area (Å²) in [6.07, 6.45) is 5.16. The molecule has 5 nitrogen and oxygen atoms in total. The van der Waals surface area contributed by atoms with Crippen molar-refractivity contribution >= 4 is 15.5 Å². The van der Waals surface area contributed by atoms with Crippen LogP contribution in [0.1, 0.15) is 26.7 Å². The van der Waals surface area contributed by atoms with Crippen molar-refractivity contribution in [1.82, 2.24) is 10.2 Å². The lowest BCUT2D eigenvalue weighted by Gasteiger charge is -2.40. The minimum absolute atomic E-state index is 0.0221. The van der Waals surface area contributed by atoms with E-state index in [0.717, 1.165) is 37.7 Å². The van der Waals surface area contributed by atoms with Crippen molar-refractivity contribution in [3.63, 3.8) is 0 Å². The van der Waals surface area contributed by atoms with E-state index in [9.17, 15) is 12.8 Å². The summed E-state index contributed by atoms with van der Waals surface area (Å²) in [6.45, 7) is 5.08. The molecule has 1 aliphatic rings. The van der Waals surface area contributed by atoms with Gasteiger partial charge in [0.05, 0.1) is 21.5 Å². The molecule has 2 heterocycles.